The molecule has 1 heterocycles. The van der Waals surface area contributed by atoms with Gasteiger partial charge >= 0.3 is 0 Å². The molecule has 2 aromatic carbocycles. The Hall–Kier alpha value is -1.95. The first kappa shape index (κ1) is 25.3. The van der Waals surface area contributed by atoms with Crippen LogP contribution in [-0.2, 0) is 9.84 Å². The second-order valence-electron chi connectivity index (χ2n) is 6.91. The monoisotopic (exact) mass is 564 g/mol. The van der Waals surface area contributed by atoms with E-state index in [1.165, 1.54) is 24.3 Å². The lowest BCUT2D eigenvalue weighted by molar-refractivity contribution is 0.371. The zero-order valence-corrected chi connectivity index (χ0v) is 20.4. The maximum Gasteiger partial charge on any atom is 0.194 e. The van der Waals surface area contributed by atoms with Crippen LogP contribution in [0.5, 0.6) is 0 Å². The molecule has 0 bridgehead atoms. The Labute approximate surface area is 199 Å². The standard InChI is InChI=1S/C21H26F2N4O2S.HI/c1-2-24-21(25-11-16-30(28,29)20-10-6-4-8-18(20)23)27-14-12-26(13-15-27)19-9-5-3-7-17(19)22;/h3-10H,2,11-16H2,1H3,(H,24,25);1H. The normalized spacial score (nSPS) is 14.9. The van der Waals surface area contributed by atoms with Crippen LogP contribution in [0.2, 0.25) is 0 Å². The summed E-state index contributed by atoms with van der Waals surface area (Å²) in [6.07, 6.45) is 0. The van der Waals surface area contributed by atoms with E-state index < -0.39 is 15.7 Å². The van der Waals surface area contributed by atoms with E-state index >= 15 is 0 Å². The summed E-state index contributed by atoms with van der Waals surface area (Å²) in [7, 11) is -3.76. The minimum Gasteiger partial charge on any atom is -0.366 e. The molecule has 0 amide bonds. The molecule has 1 N–H and O–H groups in total. The van der Waals surface area contributed by atoms with E-state index in [2.05, 4.69) is 10.3 Å². The van der Waals surface area contributed by atoms with E-state index in [0.29, 0.717) is 44.4 Å². The van der Waals surface area contributed by atoms with Gasteiger partial charge in [0, 0.05) is 32.7 Å². The lowest BCUT2D eigenvalue weighted by atomic mass is 10.2. The van der Waals surface area contributed by atoms with Crippen molar-refractivity contribution in [3.05, 3.63) is 60.2 Å². The Balaban J connectivity index is 0.00000341. The third-order valence-electron chi connectivity index (χ3n) is 4.90. The zero-order chi connectivity index (χ0) is 21.6. The number of benzene rings is 2. The van der Waals surface area contributed by atoms with Crippen LogP contribution in [0.4, 0.5) is 14.5 Å². The van der Waals surface area contributed by atoms with E-state index in [-0.39, 0.29) is 47.0 Å². The fraction of sp³-hybridized carbons (Fsp3) is 0.381. The van der Waals surface area contributed by atoms with Crippen LogP contribution < -0.4 is 10.2 Å². The van der Waals surface area contributed by atoms with Crippen LogP contribution in [0.15, 0.2) is 58.4 Å². The van der Waals surface area contributed by atoms with Gasteiger partial charge in [-0.2, -0.15) is 0 Å². The van der Waals surface area contributed by atoms with Gasteiger partial charge < -0.3 is 15.1 Å². The fourth-order valence-corrected chi connectivity index (χ4v) is 4.57. The van der Waals surface area contributed by atoms with Gasteiger partial charge in [0.2, 0.25) is 0 Å². The number of guanidine groups is 1. The number of piperazine rings is 1. The van der Waals surface area contributed by atoms with Gasteiger partial charge in [0.05, 0.1) is 18.0 Å². The van der Waals surface area contributed by atoms with E-state index in [1.807, 2.05) is 22.8 Å². The predicted molar refractivity (Wildman–Crippen MR) is 130 cm³/mol. The summed E-state index contributed by atoms with van der Waals surface area (Å²) >= 11 is 0. The summed E-state index contributed by atoms with van der Waals surface area (Å²) in [6.45, 7) is 5.08. The number of aliphatic imine (C=N–C) groups is 1. The maximum atomic E-state index is 14.0. The number of halogens is 3. The van der Waals surface area contributed by atoms with Crippen molar-refractivity contribution in [1.82, 2.24) is 10.2 Å². The minimum atomic E-state index is -3.76. The molecule has 10 heteroatoms. The smallest absolute Gasteiger partial charge is 0.194 e. The molecule has 1 aliphatic rings. The van der Waals surface area contributed by atoms with E-state index in [0.717, 1.165) is 6.07 Å². The fourth-order valence-electron chi connectivity index (χ4n) is 3.37. The SMILES string of the molecule is CCNC(=NCCS(=O)(=O)c1ccccc1F)N1CCN(c2ccccc2F)CC1.I. The Morgan fingerprint density at radius 1 is 1.00 bits per heavy atom. The van der Waals surface area contributed by atoms with Crippen LogP contribution in [0.3, 0.4) is 0 Å². The highest BCUT2D eigenvalue weighted by molar-refractivity contribution is 14.0. The van der Waals surface area contributed by atoms with Gasteiger partial charge in [-0.3, -0.25) is 4.99 Å². The molecule has 0 radical (unpaired) electrons. The molecule has 1 aliphatic heterocycles. The number of sulfone groups is 1. The van der Waals surface area contributed by atoms with Gasteiger partial charge in [-0.15, -0.1) is 24.0 Å². The number of para-hydroxylation sites is 1. The molecule has 1 fully saturated rings. The number of anilines is 1. The zero-order valence-electron chi connectivity index (χ0n) is 17.3. The first-order chi connectivity index (χ1) is 14.4. The Morgan fingerprint density at radius 3 is 2.23 bits per heavy atom. The predicted octanol–water partition coefficient (Wildman–Crippen LogP) is 3.14. The highest BCUT2D eigenvalue weighted by Gasteiger charge is 2.22. The van der Waals surface area contributed by atoms with Crippen LogP contribution in [0.1, 0.15) is 6.92 Å². The second-order valence-corrected chi connectivity index (χ2v) is 8.99. The largest absolute Gasteiger partial charge is 0.366 e. The molecular weight excluding hydrogens is 537 g/mol. The highest BCUT2D eigenvalue weighted by Crippen LogP contribution is 2.20. The van der Waals surface area contributed by atoms with Gasteiger partial charge in [-0.25, -0.2) is 17.2 Å². The van der Waals surface area contributed by atoms with Crippen LogP contribution in [0.25, 0.3) is 0 Å². The lowest BCUT2D eigenvalue weighted by Crippen LogP contribution is -2.52. The maximum absolute atomic E-state index is 14.0. The van der Waals surface area contributed by atoms with Crippen LogP contribution >= 0.6 is 24.0 Å². The van der Waals surface area contributed by atoms with Crippen molar-refractivity contribution in [1.29, 1.82) is 0 Å². The average molecular weight is 564 g/mol. The van der Waals surface area contributed by atoms with Gasteiger partial charge in [0.15, 0.2) is 15.8 Å². The van der Waals surface area contributed by atoms with Gasteiger partial charge in [0.25, 0.3) is 0 Å². The number of hydrogen-bond donors (Lipinski definition) is 1. The number of rotatable bonds is 6. The summed E-state index contributed by atoms with van der Waals surface area (Å²) in [5.74, 6) is -0.671. The van der Waals surface area contributed by atoms with Gasteiger partial charge in [-0.1, -0.05) is 24.3 Å². The Kier molecular flexibility index (Phi) is 9.48. The third kappa shape index (κ3) is 6.52. The summed E-state index contributed by atoms with van der Waals surface area (Å²) < 4.78 is 52.7. The van der Waals surface area contributed by atoms with Crippen molar-refractivity contribution in [2.75, 3.05) is 49.9 Å². The topological polar surface area (TPSA) is 65.0 Å². The Bertz CT molecular complexity index is 996. The van der Waals surface area contributed by atoms with Crippen LogP contribution in [-0.4, -0.2) is 64.3 Å². The van der Waals surface area contributed by atoms with E-state index in [4.69, 9.17) is 0 Å². The number of nitrogens with one attached hydrogen (secondary N) is 1. The molecule has 0 spiro atoms. The molecule has 0 aliphatic carbocycles. The molecule has 0 unspecified atom stereocenters. The molecular formula is C21H27F2IN4O2S. The second kappa shape index (κ2) is 11.6. The van der Waals surface area contributed by atoms with Crippen LogP contribution in [0, 0.1) is 11.6 Å². The molecule has 0 aromatic heterocycles. The van der Waals surface area contributed by atoms with Gasteiger partial charge in [-0.05, 0) is 31.2 Å². The summed E-state index contributed by atoms with van der Waals surface area (Å²) in [6, 6.07) is 12.0. The van der Waals surface area contributed by atoms with Crippen molar-refractivity contribution >= 4 is 45.5 Å². The molecule has 3 rings (SSSR count). The summed E-state index contributed by atoms with van der Waals surface area (Å²) in [4.78, 5) is 8.14. The Morgan fingerprint density at radius 2 is 1.61 bits per heavy atom. The van der Waals surface area contributed by atoms with Crippen molar-refractivity contribution < 1.29 is 17.2 Å². The highest BCUT2D eigenvalue weighted by atomic mass is 127. The first-order valence-corrected chi connectivity index (χ1v) is 11.6. The number of hydrogen-bond acceptors (Lipinski definition) is 4. The molecule has 2 aromatic rings. The van der Waals surface area contributed by atoms with Crippen molar-refractivity contribution in [2.45, 2.75) is 11.8 Å². The minimum absolute atomic E-state index is 0. The van der Waals surface area contributed by atoms with Crippen molar-refractivity contribution in [3.8, 4) is 0 Å². The molecule has 31 heavy (non-hydrogen) atoms. The van der Waals surface area contributed by atoms with Crippen molar-refractivity contribution in [2.24, 2.45) is 4.99 Å². The molecule has 6 nitrogen and oxygen atoms in total. The third-order valence-corrected chi connectivity index (χ3v) is 6.62. The quantitative estimate of drug-likeness (QED) is 0.332. The van der Waals surface area contributed by atoms with E-state index in [1.54, 1.807) is 12.1 Å². The summed E-state index contributed by atoms with van der Waals surface area (Å²) in [5, 5.41) is 3.17. The molecule has 0 atom stereocenters. The first-order valence-electron chi connectivity index (χ1n) is 9.92. The van der Waals surface area contributed by atoms with Gasteiger partial charge in [0.1, 0.15) is 16.5 Å². The molecule has 1 saturated heterocycles. The van der Waals surface area contributed by atoms with E-state index in [9.17, 15) is 17.2 Å². The molecule has 0 saturated carbocycles. The lowest BCUT2D eigenvalue weighted by Gasteiger charge is -2.37. The van der Waals surface area contributed by atoms with Crippen molar-refractivity contribution in [3.63, 3.8) is 0 Å². The average Bonchev–Trinajstić information content (AvgIpc) is 2.74. The molecule has 170 valence electrons. The summed E-state index contributed by atoms with van der Waals surface area (Å²) in [5.41, 5.74) is 0.579. The number of nitrogens with zero attached hydrogens (tertiary/aromatic N) is 3.